The maximum Gasteiger partial charge on any atom is 0.175 e. The fourth-order valence-electron chi connectivity index (χ4n) is 1.62. The Morgan fingerprint density at radius 2 is 2.10 bits per heavy atom. The van der Waals surface area contributed by atoms with Crippen LogP contribution in [0.4, 0.5) is 0 Å². The first-order chi connectivity index (χ1) is 9.58. The van der Waals surface area contributed by atoms with Crippen LogP contribution in [0.1, 0.15) is 26.3 Å². The van der Waals surface area contributed by atoms with Crippen molar-refractivity contribution in [1.82, 2.24) is 5.32 Å². The molecule has 3 nitrogen and oxygen atoms in total. The molecule has 0 bridgehead atoms. The summed E-state index contributed by atoms with van der Waals surface area (Å²) < 4.78 is 12.2. The third-order valence-corrected chi connectivity index (χ3v) is 3.26. The third-order valence-electron chi connectivity index (χ3n) is 2.50. The minimum Gasteiger partial charge on any atom is -0.490 e. The highest BCUT2D eigenvalue weighted by atomic mass is 79.9. The highest BCUT2D eigenvalue weighted by Crippen LogP contribution is 2.37. The van der Waals surface area contributed by atoms with Crippen LogP contribution in [0.3, 0.4) is 0 Å². The normalized spacial score (nSPS) is 11.3. The molecule has 0 aliphatic rings. The molecule has 0 heterocycles. The predicted octanol–water partition coefficient (Wildman–Crippen LogP) is 4.48. The SMILES string of the molecule is CCOc1cc(CNC(C)C)cc(Br)c1OC/C=C/Cl. The molecule has 0 atom stereocenters. The first kappa shape index (κ1) is 17.3. The number of halogens is 2. The third kappa shape index (κ3) is 5.73. The summed E-state index contributed by atoms with van der Waals surface area (Å²) >= 11 is 9.03. The Balaban J connectivity index is 2.92. The van der Waals surface area contributed by atoms with E-state index in [2.05, 4.69) is 35.1 Å². The summed E-state index contributed by atoms with van der Waals surface area (Å²) in [5, 5.41) is 3.38. The molecule has 0 aromatic heterocycles. The Kier molecular flexibility index (Phi) is 8.04. The van der Waals surface area contributed by atoms with E-state index in [0.29, 0.717) is 25.0 Å². The smallest absolute Gasteiger partial charge is 0.175 e. The molecule has 20 heavy (non-hydrogen) atoms. The number of ether oxygens (including phenoxy) is 2. The van der Waals surface area contributed by atoms with Gasteiger partial charge in [-0.1, -0.05) is 25.4 Å². The molecule has 0 aliphatic heterocycles. The lowest BCUT2D eigenvalue weighted by Crippen LogP contribution is -2.21. The van der Waals surface area contributed by atoms with Gasteiger partial charge in [0.2, 0.25) is 0 Å². The molecule has 0 amide bonds. The van der Waals surface area contributed by atoms with Gasteiger partial charge in [-0.3, -0.25) is 0 Å². The molecule has 1 aromatic rings. The van der Waals surface area contributed by atoms with Crippen LogP contribution in [0, 0.1) is 0 Å². The van der Waals surface area contributed by atoms with Crippen molar-refractivity contribution in [3.63, 3.8) is 0 Å². The van der Waals surface area contributed by atoms with Crippen LogP contribution in [0.25, 0.3) is 0 Å². The second-order valence-electron chi connectivity index (χ2n) is 4.55. The zero-order valence-electron chi connectivity index (χ0n) is 12.1. The number of hydrogen-bond acceptors (Lipinski definition) is 3. The van der Waals surface area contributed by atoms with E-state index in [9.17, 15) is 0 Å². The molecule has 0 unspecified atom stereocenters. The zero-order chi connectivity index (χ0) is 15.0. The fraction of sp³-hybridized carbons (Fsp3) is 0.467. The summed E-state index contributed by atoms with van der Waals surface area (Å²) in [4.78, 5) is 0. The van der Waals surface area contributed by atoms with Crippen LogP contribution in [0.2, 0.25) is 0 Å². The van der Waals surface area contributed by atoms with Crippen molar-refractivity contribution in [1.29, 1.82) is 0 Å². The Labute approximate surface area is 134 Å². The van der Waals surface area contributed by atoms with Crippen LogP contribution in [0.5, 0.6) is 11.5 Å². The van der Waals surface area contributed by atoms with E-state index in [4.69, 9.17) is 21.1 Å². The Morgan fingerprint density at radius 3 is 2.70 bits per heavy atom. The Morgan fingerprint density at radius 1 is 1.35 bits per heavy atom. The van der Waals surface area contributed by atoms with Gasteiger partial charge in [-0.25, -0.2) is 0 Å². The topological polar surface area (TPSA) is 30.5 Å². The highest BCUT2D eigenvalue weighted by molar-refractivity contribution is 9.10. The van der Waals surface area contributed by atoms with Crippen molar-refractivity contribution in [2.45, 2.75) is 33.4 Å². The molecule has 0 fully saturated rings. The quantitative estimate of drug-likeness (QED) is 0.740. The van der Waals surface area contributed by atoms with Gasteiger partial charge in [-0.2, -0.15) is 0 Å². The van der Waals surface area contributed by atoms with Crippen molar-refractivity contribution in [2.75, 3.05) is 13.2 Å². The second kappa shape index (κ2) is 9.27. The van der Waals surface area contributed by atoms with Crippen LogP contribution in [0.15, 0.2) is 28.2 Å². The van der Waals surface area contributed by atoms with Crippen LogP contribution in [-0.4, -0.2) is 19.3 Å². The second-order valence-corrected chi connectivity index (χ2v) is 5.65. The van der Waals surface area contributed by atoms with Crippen molar-refractivity contribution >= 4 is 27.5 Å². The number of hydrogen-bond donors (Lipinski definition) is 1. The molecule has 0 saturated heterocycles. The molecule has 1 rings (SSSR count). The molecule has 5 heteroatoms. The molecule has 0 radical (unpaired) electrons. The molecule has 1 N–H and O–H groups in total. The first-order valence-electron chi connectivity index (χ1n) is 6.65. The average Bonchev–Trinajstić information content (AvgIpc) is 2.39. The molecule has 112 valence electrons. The van der Waals surface area contributed by atoms with Crippen molar-refractivity contribution in [3.05, 3.63) is 33.8 Å². The van der Waals surface area contributed by atoms with Gasteiger partial charge in [0.05, 0.1) is 11.1 Å². The molecule has 0 spiro atoms. The lowest BCUT2D eigenvalue weighted by molar-refractivity contribution is 0.295. The summed E-state index contributed by atoms with van der Waals surface area (Å²) in [5.41, 5.74) is 2.59. The maximum atomic E-state index is 5.68. The first-order valence-corrected chi connectivity index (χ1v) is 7.88. The molecule has 0 aliphatic carbocycles. The van der Waals surface area contributed by atoms with Crippen molar-refractivity contribution in [3.8, 4) is 11.5 Å². The molecular formula is C15H21BrClNO2. The van der Waals surface area contributed by atoms with E-state index in [0.717, 1.165) is 22.3 Å². The van der Waals surface area contributed by atoms with E-state index in [1.54, 1.807) is 6.08 Å². The van der Waals surface area contributed by atoms with E-state index in [-0.39, 0.29) is 0 Å². The summed E-state index contributed by atoms with van der Waals surface area (Å²) in [6.07, 6.45) is 1.73. The highest BCUT2D eigenvalue weighted by Gasteiger charge is 2.12. The largest absolute Gasteiger partial charge is 0.490 e. The van der Waals surface area contributed by atoms with E-state index < -0.39 is 0 Å². The minimum absolute atomic E-state index is 0.408. The van der Waals surface area contributed by atoms with Gasteiger partial charge in [-0.05, 0) is 46.6 Å². The zero-order valence-corrected chi connectivity index (χ0v) is 14.4. The minimum atomic E-state index is 0.408. The summed E-state index contributed by atoms with van der Waals surface area (Å²) in [6.45, 7) is 7.98. The van der Waals surface area contributed by atoms with Crippen molar-refractivity contribution < 1.29 is 9.47 Å². The monoisotopic (exact) mass is 361 g/mol. The summed E-state index contributed by atoms with van der Waals surface area (Å²) in [5.74, 6) is 1.44. The summed E-state index contributed by atoms with van der Waals surface area (Å²) in [7, 11) is 0. The van der Waals surface area contributed by atoms with Gasteiger partial charge in [0.25, 0.3) is 0 Å². The van der Waals surface area contributed by atoms with Gasteiger partial charge in [0, 0.05) is 18.1 Å². The van der Waals surface area contributed by atoms with Gasteiger partial charge < -0.3 is 14.8 Å². The van der Waals surface area contributed by atoms with Crippen LogP contribution >= 0.6 is 27.5 Å². The lowest BCUT2D eigenvalue weighted by atomic mass is 10.2. The number of nitrogens with one attached hydrogen (secondary N) is 1. The fourth-order valence-corrected chi connectivity index (χ4v) is 2.29. The number of benzene rings is 1. The predicted molar refractivity (Wildman–Crippen MR) is 87.8 cm³/mol. The lowest BCUT2D eigenvalue weighted by Gasteiger charge is -2.15. The molecule has 0 saturated carbocycles. The summed E-state index contributed by atoms with van der Waals surface area (Å²) in [6, 6.07) is 4.48. The average molecular weight is 363 g/mol. The Bertz CT molecular complexity index is 450. The van der Waals surface area contributed by atoms with Gasteiger partial charge >= 0.3 is 0 Å². The van der Waals surface area contributed by atoms with Gasteiger partial charge in [0.1, 0.15) is 6.61 Å². The van der Waals surface area contributed by atoms with Gasteiger partial charge in [0.15, 0.2) is 11.5 Å². The maximum absolute atomic E-state index is 5.68. The van der Waals surface area contributed by atoms with Crippen LogP contribution in [-0.2, 0) is 6.54 Å². The number of rotatable bonds is 8. The van der Waals surface area contributed by atoms with E-state index in [1.165, 1.54) is 5.54 Å². The van der Waals surface area contributed by atoms with E-state index >= 15 is 0 Å². The van der Waals surface area contributed by atoms with E-state index in [1.807, 2.05) is 19.1 Å². The van der Waals surface area contributed by atoms with Gasteiger partial charge in [-0.15, -0.1) is 0 Å². The Hall–Kier alpha value is -0.710. The molecule has 1 aromatic carbocycles. The molecular weight excluding hydrogens is 342 g/mol. The van der Waals surface area contributed by atoms with Crippen molar-refractivity contribution in [2.24, 2.45) is 0 Å². The van der Waals surface area contributed by atoms with Crippen LogP contribution < -0.4 is 14.8 Å². The standard InChI is InChI=1S/C15H21BrClNO2/c1-4-19-14-9-12(10-18-11(2)3)8-13(16)15(14)20-7-5-6-17/h5-6,8-9,11,18H,4,7,10H2,1-3H3/b6-5+.